The first-order chi connectivity index (χ1) is 9.95. The molecule has 0 amide bonds. The molecular weight excluding hydrogens is 284 g/mol. The highest BCUT2D eigenvalue weighted by molar-refractivity contribution is 7.89. The highest BCUT2D eigenvalue weighted by Crippen LogP contribution is 2.22. The fourth-order valence-electron chi connectivity index (χ4n) is 2.70. The molecule has 0 unspecified atom stereocenters. The first-order valence-electron chi connectivity index (χ1n) is 7.75. The lowest BCUT2D eigenvalue weighted by molar-refractivity contribution is 0.186. The summed E-state index contributed by atoms with van der Waals surface area (Å²) >= 11 is 0. The minimum Gasteiger partial charge on any atom is -0.301 e. The molecule has 0 radical (unpaired) electrons. The Morgan fingerprint density at radius 1 is 1.10 bits per heavy atom. The number of unbranched alkanes of at least 4 members (excludes halogenated alkanes) is 1. The Morgan fingerprint density at radius 2 is 1.76 bits per heavy atom. The van der Waals surface area contributed by atoms with E-state index in [0.29, 0.717) is 18.0 Å². The van der Waals surface area contributed by atoms with Crippen LogP contribution in [0.4, 0.5) is 0 Å². The molecule has 1 heterocycles. The number of hydrogen-bond donors (Lipinski definition) is 0. The molecule has 1 saturated heterocycles. The third-order valence-corrected chi connectivity index (χ3v) is 6.16. The van der Waals surface area contributed by atoms with Crippen molar-refractivity contribution in [2.75, 3.05) is 32.7 Å². The summed E-state index contributed by atoms with van der Waals surface area (Å²) in [5, 5.41) is 0. The predicted molar refractivity (Wildman–Crippen MR) is 86.0 cm³/mol. The van der Waals surface area contributed by atoms with Crippen LogP contribution in [0.2, 0.25) is 0 Å². The van der Waals surface area contributed by atoms with Gasteiger partial charge in [-0.25, -0.2) is 8.42 Å². The van der Waals surface area contributed by atoms with Gasteiger partial charge in [-0.3, -0.25) is 0 Å². The maximum Gasteiger partial charge on any atom is 0.243 e. The van der Waals surface area contributed by atoms with Gasteiger partial charge in [-0.15, -0.1) is 0 Å². The normalized spacial score (nSPS) is 18.0. The number of nitrogens with zero attached hydrogens (tertiary/aromatic N) is 2. The van der Waals surface area contributed by atoms with Crippen molar-refractivity contribution in [1.29, 1.82) is 0 Å². The monoisotopic (exact) mass is 310 g/mol. The second-order valence-electron chi connectivity index (χ2n) is 5.87. The maximum atomic E-state index is 12.8. The van der Waals surface area contributed by atoms with Gasteiger partial charge in [0.25, 0.3) is 0 Å². The summed E-state index contributed by atoms with van der Waals surface area (Å²) in [5.41, 5.74) is 1.81. The highest BCUT2D eigenvalue weighted by Gasteiger charge is 2.29. The third kappa shape index (κ3) is 3.84. The molecule has 1 aromatic carbocycles. The van der Waals surface area contributed by atoms with Crippen molar-refractivity contribution < 1.29 is 8.42 Å². The number of rotatable bonds is 5. The Bertz CT molecular complexity index is 576. The van der Waals surface area contributed by atoms with Crippen LogP contribution in [0.1, 0.15) is 30.9 Å². The van der Waals surface area contributed by atoms with Gasteiger partial charge in [0.1, 0.15) is 0 Å². The first-order valence-corrected chi connectivity index (χ1v) is 9.19. The van der Waals surface area contributed by atoms with Gasteiger partial charge in [-0.05, 0) is 44.0 Å². The summed E-state index contributed by atoms with van der Waals surface area (Å²) < 4.78 is 27.2. The van der Waals surface area contributed by atoms with E-state index in [2.05, 4.69) is 11.8 Å². The van der Waals surface area contributed by atoms with E-state index in [9.17, 15) is 8.42 Å². The maximum absolute atomic E-state index is 12.8. The second kappa shape index (κ2) is 6.90. The molecule has 1 aromatic rings. The molecule has 0 atom stereocenters. The Kier molecular flexibility index (Phi) is 5.41. The molecule has 0 aliphatic carbocycles. The zero-order chi connectivity index (χ0) is 15.5. The number of piperazine rings is 1. The van der Waals surface area contributed by atoms with Crippen LogP contribution >= 0.6 is 0 Å². The van der Waals surface area contributed by atoms with Gasteiger partial charge in [0.05, 0.1) is 4.90 Å². The number of sulfonamides is 1. The van der Waals surface area contributed by atoms with Gasteiger partial charge in [0.15, 0.2) is 0 Å². The molecule has 4 nitrogen and oxygen atoms in total. The Labute approximate surface area is 128 Å². The zero-order valence-corrected chi connectivity index (χ0v) is 14.1. The molecule has 0 aromatic heterocycles. The third-order valence-electron chi connectivity index (χ3n) is 4.12. The molecule has 1 aliphatic heterocycles. The average Bonchev–Trinajstić information content (AvgIpc) is 2.48. The van der Waals surface area contributed by atoms with Crippen LogP contribution in [0.3, 0.4) is 0 Å². The van der Waals surface area contributed by atoms with Crippen molar-refractivity contribution in [3.05, 3.63) is 29.3 Å². The average molecular weight is 310 g/mol. The van der Waals surface area contributed by atoms with Crippen LogP contribution < -0.4 is 0 Å². The largest absolute Gasteiger partial charge is 0.301 e. The van der Waals surface area contributed by atoms with Crippen molar-refractivity contribution in [2.45, 2.75) is 38.5 Å². The fraction of sp³-hybridized carbons (Fsp3) is 0.625. The summed E-state index contributed by atoms with van der Waals surface area (Å²) in [6.45, 7) is 9.92. The molecule has 1 aliphatic rings. The van der Waals surface area contributed by atoms with Crippen LogP contribution in [-0.4, -0.2) is 50.3 Å². The number of benzene rings is 1. The Hall–Kier alpha value is -0.910. The van der Waals surface area contributed by atoms with E-state index in [1.807, 2.05) is 26.0 Å². The van der Waals surface area contributed by atoms with E-state index in [0.717, 1.165) is 30.8 Å². The second-order valence-corrected chi connectivity index (χ2v) is 7.77. The summed E-state index contributed by atoms with van der Waals surface area (Å²) in [6, 6.07) is 5.63. The van der Waals surface area contributed by atoms with Gasteiger partial charge in [0.2, 0.25) is 10.0 Å². The van der Waals surface area contributed by atoms with Crippen LogP contribution in [0.25, 0.3) is 0 Å². The van der Waals surface area contributed by atoms with E-state index in [1.165, 1.54) is 12.8 Å². The van der Waals surface area contributed by atoms with E-state index in [-0.39, 0.29) is 0 Å². The first kappa shape index (κ1) is 16.5. The summed E-state index contributed by atoms with van der Waals surface area (Å²) in [4.78, 5) is 2.82. The molecule has 0 N–H and O–H groups in total. The summed E-state index contributed by atoms with van der Waals surface area (Å²) in [6.07, 6.45) is 2.37. The van der Waals surface area contributed by atoms with E-state index in [1.54, 1.807) is 10.4 Å². The van der Waals surface area contributed by atoms with Gasteiger partial charge in [0, 0.05) is 26.2 Å². The van der Waals surface area contributed by atoms with Crippen LogP contribution in [0, 0.1) is 13.8 Å². The van der Waals surface area contributed by atoms with Crippen molar-refractivity contribution in [3.8, 4) is 0 Å². The lowest BCUT2D eigenvalue weighted by atomic mass is 10.2. The Balaban J connectivity index is 2.10. The van der Waals surface area contributed by atoms with Crippen molar-refractivity contribution in [3.63, 3.8) is 0 Å². The predicted octanol–water partition coefficient (Wildman–Crippen LogP) is 2.41. The smallest absolute Gasteiger partial charge is 0.243 e. The van der Waals surface area contributed by atoms with E-state index < -0.39 is 10.0 Å². The molecule has 0 saturated carbocycles. The lowest BCUT2D eigenvalue weighted by Crippen LogP contribution is -2.48. The molecular formula is C16H26N2O2S. The van der Waals surface area contributed by atoms with Crippen molar-refractivity contribution >= 4 is 10.0 Å². The van der Waals surface area contributed by atoms with Crippen molar-refractivity contribution in [1.82, 2.24) is 9.21 Å². The number of hydrogen-bond acceptors (Lipinski definition) is 3. The summed E-state index contributed by atoms with van der Waals surface area (Å²) in [7, 11) is -3.35. The SMILES string of the molecule is CCCCN1CCN(S(=O)(=O)c2cc(C)ccc2C)CC1. The topological polar surface area (TPSA) is 40.6 Å². The molecule has 5 heteroatoms. The minimum absolute atomic E-state index is 0.463. The molecule has 21 heavy (non-hydrogen) atoms. The van der Waals surface area contributed by atoms with Gasteiger partial charge in [-0.1, -0.05) is 25.5 Å². The minimum atomic E-state index is -3.35. The molecule has 118 valence electrons. The quantitative estimate of drug-likeness (QED) is 0.838. The van der Waals surface area contributed by atoms with Crippen LogP contribution in [0.15, 0.2) is 23.1 Å². The number of aryl methyl sites for hydroxylation is 2. The standard InChI is InChI=1S/C16H26N2O2S/c1-4-5-8-17-9-11-18(12-10-17)21(19,20)16-13-14(2)6-7-15(16)3/h6-7,13H,4-5,8-12H2,1-3H3. The van der Waals surface area contributed by atoms with Gasteiger partial charge in [-0.2, -0.15) is 4.31 Å². The van der Waals surface area contributed by atoms with Crippen LogP contribution in [0.5, 0.6) is 0 Å². The highest BCUT2D eigenvalue weighted by atomic mass is 32.2. The van der Waals surface area contributed by atoms with Gasteiger partial charge >= 0.3 is 0 Å². The van der Waals surface area contributed by atoms with Gasteiger partial charge < -0.3 is 4.90 Å². The Morgan fingerprint density at radius 3 is 2.38 bits per heavy atom. The molecule has 2 rings (SSSR count). The van der Waals surface area contributed by atoms with E-state index in [4.69, 9.17) is 0 Å². The van der Waals surface area contributed by atoms with Crippen molar-refractivity contribution in [2.24, 2.45) is 0 Å². The lowest BCUT2D eigenvalue weighted by Gasteiger charge is -2.34. The summed E-state index contributed by atoms with van der Waals surface area (Å²) in [5.74, 6) is 0. The molecule has 0 bridgehead atoms. The zero-order valence-electron chi connectivity index (χ0n) is 13.3. The molecule has 1 fully saturated rings. The molecule has 0 spiro atoms. The fourth-order valence-corrected chi connectivity index (χ4v) is 4.43. The van der Waals surface area contributed by atoms with E-state index >= 15 is 0 Å². The van der Waals surface area contributed by atoms with Crippen LogP contribution in [-0.2, 0) is 10.0 Å².